The average Bonchev–Trinajstić information content (AvgIpc) is 2.40. The lowest BCUT2D eigenvalue weighted by atomic mass is 10.1. The van der Waals surface area contributed by atoms with Crippen molar-refractivity contribution >= 4 is 27.5 Å². The maximum absolute atomic E-state index is 4.19. The molecular weight excluding hydrogens is 224 g/mol. The molecule has 11 heavy (non-hydrogen) atoms. The van der Waals surface area contributed by atoms with Gasteiger partial charge in [0.05, 0.1) is 0 Å². The molecule has 1 aromatic rings. The van der Waals surface area contributed by atoms with Crippen LogP contribution in [0.2, 0.25) is 0 Å². The number of hydrogen-bond acceptors (Lipinski definition) is 3. The summed E-state index contributed by atoms with van der Waals surface area (Å²) >= 11 is 5.05. The number of rotatable bonds is 3. The normalized spacial score (nSPS) is 16.3. The molecule has 0 aliphatic carbocycles. The molecule has 0 aromatic carbocycles. The van der Waals surface area contributed by atoms with E-state index in [0.717, 1.165) is 11.4 Å². The highest BCUT2D eigenvalue weighted by atomic mass is 79.9. The first-order valence-electron chi connectivity index (χ1n) is 3.66. The van der Waals surface area contributed by atoms with E-state index < -0.39 is 0 Å². The SMILES string of the molecule is CCC(c1ncns1)C(C)Br. The van der Waals surface area contributed by atoms with Crippen molar-refractivity contribution in [2.45, 2.75) is 31.0 Å². The van der Waals surface area contributed by atoms with E-state index in [4.69, 9.17) is 0 Å². The zero-order chi connectivity index (χ0) is 8.27. The standard InChI is InChI=1S/C7H11BrN2S/c1-3-6(5(2)8)7-9-4-10-11-7/h4-6H,3H2,1-2H3. The smallest absolute Gasteiger partial charge is 0.129 e. The second-order valence-electron chi connectivity index (χ2n) is 2.47. The molecule has 0 fully saturated rings. The molecule has 4 heteroatoms. The monoisotopic (exact) mass is 234 g/mol. The van der Waals surface area contributed by atoms with Crippen molar-refractivity contribution < 1.29 is 0 Å². The number of alkyl halides is 1. The zero-order valence-corrected chi connectivity index (χ0v) is 9.02. The average molecular weight is 235 g/mol. The number of aromatic nitrogens is 2. The summed E-state index contributed by atoms with van der Waals surface area (Å²) in [5.74, 6) is 0.516. The lowest BCUT2D eigenvalue weighted by Crippen LogP contribution is -2.06. The third-order valence-corrected chi connectivity index (χ3v) is 3.12. The second kappa shape index (κ2) is 4.16. The topological polar surface area (TPSA) is 25.8 Å². The molecule has 2 nitrogen and oxygen atoms in total. The van der Waals surface area contributed by atoms with Crippen molar-refractivity contribution in [3.63, 3.8) is 0 Å². The van der Waals surface area contributed by atoms with Crippen molar-refractivity contribution in [2.24, 2.45) is 0 Å². The maximum atomic E-state index is 4.19. The predicted molar refractivity (Wildman–Crippen MR) is 51.3 cm³/mol. The van der Waals surface area contributed by atoms with Gasteiger partial charge in [-0.15, -0.1) is 0 Å². The van der Waals surface area contributed by atoms with E-state index in [1.807, 2.05) is 0 Å². The van der Waals surface area contributed by atoms with Gasteiger partial charge in [0, 0.05) is 10.7 Å². The van der Waals surface area contributed by atoms with Crippen molar-refractivity contribution in [2.75, 3.05) is 0 Å². The summed E-state index contributed by atoms with van der Waals surface area (Å²) in [5.41, 5.74) is 0. The Kier molecular flexibility index (Phi) is 3.45. The Labute approximate surface area is 79.3 Å². The molecular formula is C7H11BrN2S. The molecule has 1 rings (SSSR count). The molecule has 0 aliphatic heterocycles. The van der Waals surface area contributed by atoms with E-state index in [2.05, 4.69) is 39.1 Å². The minimum absolute atomic E-state index is 0.487. The summed E-state index contributed by atoms with van der Waals surface area (Å²) in [6, 6.07) is 0. The third kappa shape index (κ3) is 2.24. The highest BCUT2D eigenvalue weighted by molar-refractivity contribution is 9.09. The molecule has 2 unspecified atom stereocenters. The first kappa shape index (κ1) is 9.13. The van der Waals surface area contributed by atoms with Gasteiger partial charge >= 0.3 is 0 Å². The molecule has 62 valence electrons. The Morgan fingerprint density at radius 2 is 2.45 bits per heavy atom. The van der Waals surface area contributed by atoms with E-state index in [9.17, 15) is 0 Å². The van der Waals surface area contributed by atoms with E-state index >= 15 is 0 Å². The summed E-state index contributed by atoms with van der Waals surface area (Å²) in [7, 11) is 0. The number of nitrogens with zero attached hydrogens (tertiary/aromatic N) is 2. The molecule has 0 spiro atoms. The Hall–Kier alpha value is 0.0400. The second-order valence-corrected chi connectivity index (χ2v) is 4.73. The summed E-state index contributed by atoms with van der Waals surface area (Å²) in [4.78, 5) is 4.67. The van der Waals surface area contributed by atoms with Gasteiger partial charge in [-0.1, -0.05) is 29.8 Å². The van der Waals surface area contributed by atoms with Crippen LogP contribution in [0.1, 0.15) is 31.2 Å². The predicted octanol–water partition coefficient (Wildman–Crippen LogP) is 2.82. The summed E-state index contributed by atoms with van der Waals surface area (Å²) in [6.45, 7) is 4.32. The lowest BCUT2D eigenvalue weighted by Gasteiger charge is -2.12. The van der Waals surface area contributed by atoms with Crippen LogP contribution in [0.4, 0.5) is 0 Å². The van der Waals surface area contributed by atoms with E-state index in [1.165, 1.54) is 11.5 Å². The van der Waals surface area contributed by atoms with Gasteiger partial charge < -0.3 is 0 Å². The highest BCUT2D eigenvalue weighted by Gasteiger charge is 2.17. The van der Waals surface area contributed by atoms with Crippen LogP contribution in [0.3, 0.4) is 0 Å². The van der Waals surface area contributed by atoms with Gasteiger partial charge in [-0.05, 0) is 18.0 Å². The molecule has 0 saturated carbocycles. The number of hydrogen-bond donors (Lipinski definition) is 0. The molecule has 0 aliphatic rings. The first-order chi connectivity index (χ1) is 5.25. The van der Waals surface area contributed by atoms with Crippen LogP contribution < -0.4 is 0 Å². The van der Waals surface area contributed by atoms with Gasteiger partial charge in [0.25, 0.3) is 0 Å². The van der Waals surface area contributed by atoms with Crippen molar-refractivity contribution in [1.82, 2.24) is 9.36 Å². The largest absolute Gasteiger partial charge is 0.228 e. The van der Waals surface area contributed by atoms with E-state index in [-0.39, 0.29) is 0 Å². The third-order valence-electron chi connectivity index (χ3n) is 1.69. The summed E-state index contributed by atoms with van der Waals surface area (Å²) in [5, 5.41) is 1.14. The quantitative estimate of drug-likeness (QED) is 0.753. The first-order valence-corrected chi connectivity index (χ1v) is 5.35. The van der Waals surface area contributed by atoms with Crippen LogP contribution in [-0.4, -0.2) is 14.2 Å². The van der Waals surface area contributed by atoms with Crippen LogP contribution in [0.5, 0.6) is 0 Å². The minimum Gasteiger partial charge on any atom is -0.228 e. The van der Waals surface area contributed by atoms with Crippen LogP contribution in [0, 0.1) is 0 Å². The van der Waals surface area contributed by atoms with Crippen LogP contribution in [0.15, 0.2) is 6.33 Å². The van der Waals surface area contributed by atoms with Crippen LogP contribution >= 0.6 is 27.5 Å². The molecule has 0 amide bonds. The summed E-state index contributed by atoms with van der Waals surface area (Å²) in [6.07, 6.45) is 2.74. The van der Waals surface area contributed by atoms with E-state index in [1.54, 1.807) is 6.33 Å². The fraction of sp³-hybridized carbons (Fsp3) is 0.714. The molecule has 1 heterocycles. The van der Waals surface area contributed by atoms with Crippen LogP contribution in [0.25, 0.3) is 0 Å². The van der Waals surface area contributed by atoms with Gasteiger partial charge in [-0.2, -0.15) is 4.37 Å². The zero-order valence-electron chi connectivity index (χ0n) is 6.62. The Morgan fingerprint density at radius 1 is 1.73 bits per heavy atom. The lowest BCUT2D eigenvalue weighted by molar-refractivity contribution is 0.658. The van der Waals surface area contributed by atoms with Crippen molar-refractivity contribution in [1.29, 1.82) is 0 Å². The molecule has 2 atom stereocenters. The van der Waals surface area contributed by atoms with Gasteiger partial charge in [0.1, 0.15) is 11.3 Å². The molecule has 0 radical (unpaired) electrons. The Morgan fingerprint density at radius 3 is 2.82 bits per heavy atom. The van der Waals surface area contributed by atoms with Crippen molar-refractivity contribution in [3.8, 4) is 0 Å². The fourth-order valence-electron chi connectivity index (χ4n) is 1.04. The molecule has 1 aromatic heterocycles. The van der Waals surface area contributed by atoms with Crippen LogP contribution in [-0.2, 0) is 0 Å². The highest BCUT2D eigenvalue weighted by Crippen LogP contribution is 2.27. The summed E-state index contributed by atoms with van der Waals surface area (Å²) < 4.78 is 3.98. The fourth-order valence-corrected chi connectivity index (χ4v) is 2.64. The van der Waals surface area contributed by atoms with Gasteiger partial charge in [-0.3, -0.25) is 0 Å². The van der Waals surface area contributed by atoms with Gasteiger partial charge in [0.2, 0.25) is 0 Å². The maximum Gasteiger partial charge on any atom is 0.129 e. The minimum atomic E-state index is 0.487. The Balaban J connectivity index is 2.71. The van der Waals surface area contributed by atoms with Gasteiger partial charge in [0.15, 0.2) is 0 Å². The molecule has 0 N–H and O–H groups in total. The number of halogens is 1. The Bertz CT molecular complexity index is 198. The molecule has 0 saturated heterocycles. The molecule has 0 bridgehead atoms. The van der Waals surface area contributed by atoms with E-state index in [0.29, 0.717) is 10.7 Å². The van der Waals surface area contributed by atoms with Gasteiger partial charge in [-0.25, -0.2) is 4.98 Å². The van der Waals surface area contributed by atoms with Crippen molar-refractivity contribution in [3.05, 3.63) is 11.3 Å².